The number of nitrogens with zero attached hydrogens (tertiary/aromatic N) is 2. The average Bonchev–Trinajstić information content (AvgIpc) is 3.08. The minimum Gasteiger partial charge on any atom is -0.332 e. The van der Waals surface area contributed by atoms with Crippen LogP contribution < -0.4 is 21.8 Å². The van der Waals surface area contributed by atoms with Crippen molar-refractivity contribution in [2.75, 3.05) is 0 Å². The molecule has 0 aliphatic carbocycles. The number of imidazole rings is 1. The monoisotopic (exact) mass is 337 g/mol. The Labute approximate surface area is 145 Å². The highest BCUT2D eigenvalue weighted by atomic mass is 16.1. The molecule has 0 bridgehead atoms. The molecule has 0 saturated heterocycles. The summed E-state index contributed by atoms with van der Waals surface area (Å²) in [6, 6.07) is 9.07. The molecule has 2 heterocycles. The van der Waals surface area contributed by atoms with Crippen LogP contribution in [-0.2, 0) is 5.54 Å². The van der Waals surface area contributed by atoms with E-state index in [-0.39, 0.29) is 22.3 Å². The van der Waals surface area contributed by atoms with E-state index >= 15 is 0 Å². The van der Waals surface area contributed by atoms with Gasteiger partial charge in [-0.15, -0.1) is 0 Å². The van der Waals surface area contributed by atoms with E-state index in [0.29, 0.717) is 5.69 Å². The van der Waals surface area contributed by atoms with Gasteiger partial charge < -0.3 is 14.5 Å². The summed E-state index contributed by atoms with van der Waals surface area (Å²) >= 11 is 0. The van der Waals surface area contributed by atoms with Gasteiger partial charge >= 0.3 is 0 Å². The van der Waals surface area contributed by atoms with Crippen molar-refractivity contribution >= 4 is 12.1 Å². The van der Waals surface area contributed by atoms with E-state index in [9.17, 15) is 9.59 Å². The molecule has 128 valence electrons. The molecule has 1 aromatic carbocycles. The fraction of sp³-hybridized carbons (Fsp3) is 0.211. The first-order valence-corrected chi connectivity index (χ1v) is 7.91. The van der Waals surface area contributed by atoms with E-state index < -0.39 is 11.1 Å². The summed E-state index contributed by atoms with van der Waals surface area (Å²) in [5.41, 5.74) is -0.0911. The van der Waals surface area contributed by atoms with E-state index in [2.05, 4.69) is 15.0 Å². The number of aromatic nitrogens is 4. The lowest BCUT2D eigenvalue weighted by Crippen LogP contribution is -2.46. The highest BCUT2D eigenvalue weighted by Gasteiger charge is 2.12. The molecule has 3 rings (SSSR count). The van der Waals surface area contributed by atoms with Crippen molar-refractivity contribution in [3.05, 3.63) is 85.5 Å². The largest absolute Gasteiger partial charge is 0.332 e. The third-order valence-corrected chi connectivity index (χ3v) is 3.68. The lowest BCUT2D eigenvalue weighted by atomic mass is 10.1. The first-order valence-electron chi connectivity index (χ1n) is 8.41. The predicted molar refractivity (Wildman–Crippen MR) is 97.7 cm³/mol. The van der Waals surface area contributed by atoms with Crippen LogP contribution in [0.15, 0.2) is 52.4 Å². The molecule has 0 amide bonds. The molecule has 25 heavy (non-hydrogen) atoms. The molecule has 3 aromatic rings. The average molecular weight is 337 g/mol. The molecule has 2 aromatic heterocycles. The first kappa shape index (κ1) is 15.4. The molecule has 0 atom stereocenters. The first-order chi connectivity index (χ1) is 12.3. The smallest absolute Gasteiger partial charge is 0.272 e. The second-order valence-corrected chi connectivity index (χ2v) is 6.71. The predicted octanol–water partition coefficient (Wildman–Crippen LogP) is 0.672. The van der Waals surface area contributed by atoms with Crippen molar-refractivity contribution in [2.24, 2.45) is 0 Å². The van der Waals surface area contributed by atoms with Crippen molar-refractivity contribution < 1.29 is 1.37 Å². The Bertz CT molecular complexity index is 1160. The van der Waals surface area contributed by atoms with Gasteiger partial charge in [-0.1, -0.05) is 30.3 Å². The van der Waals surface area contributed by atoms with E-state index in [1.165, 1.54) is 0 Å². The standard InChI is InChI=1S/C19H20N4O2/c1-19(2,3)23-11-14(20-12-23)10-16-18(25)21-15(17(24)22-16)9-13-7-5-4-6-8-13/h4-12H,1-3H3,(H,21,25)(H,22,24)/b15-9-,16-10-/i10D. The van der Waals surface area contributed by atoms with Crippen molar-refractivity contribution in [2.45, 2.75) is 26.3 Å². The van der Waals surface area contributed by atoms with E-state index in [0.717, 1.165) is 5.56 Å². The van der Waals surface area contributed by atoms with Crippen molar-refractivity contribution in [3.63, 3.8) is 0 Å². The van der Waals surface area contributed by atoms with Crippen molar-refractivity contribution in [1.82, 2.24) is 19.5 Å². The van der Waals surface area contributed by atoms with Gasteiger partial charge in [0.25, 0.3) is 11.1 Å². The number of benzene rings is 1. The molecule has 0 aliphatic heterocycles. The molecular formula is C19H20N4O2. The molecule has 2 N–H and O–H groups in total. The maximum Gasteiger partial charge on any atom is 0.272 e. The Kier molecular flexibility index (Phi) is 3.93. The summed E-state index contributed by atoms with van der Waals surface area (Å²) in [6.45, 7) is 6.01. The summed E-state index contributed by atoms with van der Waals surface area (Å²) in [7, 11) is 0. The maximum atomic E-state index is 12.4. The second-order valence-electron chi connectivity index (χ2n) is 6.71. The summed E-state index contributed by atoms with van der Waals surface area (Å²) < 4.78 is 10.1. The fourth-order valence-electron chi connectivity index (χ4n) is 2.27. The molecule has 0 unspecified atom stereocenters. The Hall–Kier alpha value is -3.15. The molecule has 0 spiro atoms. The van der Waals surface area contributed by atoms with Gasteiger partial charge in [0, 0.05) is 11.7 Å². The fourth-order valence-corrected chi connectivity index (χ4v) is 2.27. The van der Waals surface area contributed by atoms with E-state index in [1.54, 1.807) is 18.6 Å². The Morgan fingerprint density at radius 1 is 1.08 bits per heavy atom. The Morgan fingerprint density at radius 3 is 2.36 bits per heavy atom. The third-order valence-electron chi connectivity index (χ3n) is 3.68. The molecular weight excluding hydrogens is 316 g/mol. The van der Waals surface area contributed by atoms with Gasteiger partial charge in [0.1, 0.15) is 10.7 Å². The van der Waals surface area contributed by atoms with Crippen LogP contribution in [0, 0.1) is 0 Å². The van der Waals surface area contributed by atoms with Gasteiger partial charge in [-0.25, -0.2) is 4.98 Å². The van der Waals surface area contributed by atoms with Gasteiger partial charge in [0.05, 0.1) is 13.4 Å². The van der Waals surface area contributed by atoms with Gasteiger partial charge in [-0.2, -0.15) is 0 Å². The third kappa shape index (κ3) is 3.85. The molecule has 0 fully saturated rings. The number of H-pyrrole nitrogens is 2. The second kappa shape index (κ2) is 6.39. The topological polar surface area (TPSA) is 83.5 Å². The van der Waals surface area contributed by atoms with Crippen molar-refractivity contribution in [3.8, 4) is 0 Å². The van der Waals surface area contributed by atoms with Crippen LogP contribution in [0.25, 0.3) is 12.1 Å². The zero-order valence-electron chi connectivity index (χ0n) is 15.3. The number of nitrogens with one attached hydrogen (secondary N) is 2. The van der Waals surface area contributed by atoms with Crippen molar-refractivity contribution in [1.29, 1.82) is 0 Å². The summed E-state index contributed by atoms with van der Waals surface area (Å²) in [5, 5.41) is 0.0253. The number of hydrogen-bond acceptors (Lipinski definition) is 3. The van der Waals surface area contributed by atoms with Crippen LogP contribution in [0.1, 0.15) is 33.4 Å². The zero-order chi connectivity index (χ0) is 18.9. The summed E-state index contributed by atoms with van der Waals surface area (Å²) in [5.74, 6) is 0. The quantitative estimate of drug-likeness (QED) is 0.721. The summed E-state index contributed by atoms with van der Waals surface area (Å²) in [6.07, 6.45) is 4.87. The highest BCUT2D eigenvalue weighted by Crippen LogP contribution is 2.13. The van der Waals surface area contributed by atoms with Crippen LogP contribution in [-0.4, -0.2) is 19.5 Å². The van der Waals surface area contributed by atoms with E-state index in [1.807, 2.05) is 55.7 Å². The molecule has 6 nitrogen and oxygen atoms in total. The number of aromatic amines is 2. The van der Waals surface area contributed by atoms with Crippen LogP contribution in [0.2, 0.25) is 0 Å². The zero-order valence-corrected chi connectivity index (χ0v) is 14.3. The van der Waals surface area contributed by atoms with Gasteiger partial charge in [0.15, 0.2) is 0 Å². The summed E-state index contributed by atoms with van der Waals surface area (Å²) in [4.78, 5) is 33.9. The van der Waals surface area contributed by atoms with Crippen LogP contribution in [0.4, 0.5) is 0 Å². The van der Waals surface area contributed by atoms with Gasteiger partial charge in [-0.05, 0) is 38.5 Å². The van der Waals surface area contributed by atoms with Crippen LogP contribution >= 0.6 is 0 Å². The van der Waals surface area contributed by atoms with Gasteiger partial charge in [0.2, 0.25) is 0 Å². The minimum absolute atomic E-state index is 0.112. The van der Waals surface area contributed by atoms with Gasteiger partial charge in [-0.3, -0.25) is 9.59 Å². The van der Waals surface area contributed by atoms with E-state index in [4.69, 9.17) is 1.37 Å². The number of hydrogen-bond donors (Lipinski definition) is 2. The Morgan fingerprint density at radius 2 is 1.72 bits per heavy atom. The minimum atomic E-state index is -0.540. The molecule has 0 radical (unpaired) electrons. The lowest BCUT2D eigenvalue weighted by molar-refractivity contribution is 0.396. The lowest BCUT2D eigenvalue weighted by Gasteiger charge is -2.19. The molecule has 0 saturated carbocycles. The maximum absolute atomic E-state index is 12.4. The SMILES string of the molecule is [2H]/C(c1cn(C(C)(C)C)cn1)=c1/[nH]c(=O)/c(=C/c2ccccc2)[nH]c1=O. The number of rotatable bonds is 2. The normalized spacial score (nSPS) is 14.4. The Balaban J connectivity index is 2.15. The highest BCUT2D eigenvalue weighted by molar-refractivity contribution is 5.47. The van der Waals surface area contributed by atoms with Crippen LogP contribution in [0.5, 0.6) is 0 Å². The van der Waals surface area contributed by atoms with Crippen LogP contribution in [0.3, 0.4) is 0 Å². The molecule has 0 aliphatic rings. The molecule has 6 heteroatoms.